The second-order valence-electron chi connectivity index (χ2n) is 5.86. The van der Waals surface area contributed by atoms with Gasteiger partial charge in [0.05, 0.1) is 0 Å². The lowest BCUT2D eigenvalue weighted by Crippen LogP contribution is -2.45. The highest BCUT2D eigenvalue weighted by molar-refractivity contribution is 5.82. The SMILES string of the molecule is CCC(CC)(CN)CNC(=O)C1(C)CCCC1. The summed E-state index contributed by atoms with van der Waals surface area (Å²) in [5.74, 6) is 0.231. The van der Waals surface area contributed by atoms with E-state index in [1.165, 1.54) is 12.8 Å². The molecule has 0 aliphatic heterocycles. The molecule has 1 saturated carbocycles. The molecule has 1 rings (SSSR count). The van der Waals surface area contributed by atoms with Crippen LogP contribution in [0.25, 0.3) is 0 Å². The fourth-order valence-electron chi connectivity index (χ4n) is 2.72. The van der Waals surface area contributed by atoms with Crippen molar-refractivity contribution >= 4 is 5.91 Å². The van der Waals surface area contributed by atoms with E-state index in [1.54, 1.807) is 0 Å². The maximum Gasteiger partial charge on any atom is 0.225 e. The van der Waals surface area contributed by atoms with Crippen LogP contribution in [0.1, 0.15) is 59.3 Å². The van der Waals surface area contributed by atoms with Crippen molar-refractivity contribution in [1.29, 1.82) is 0 Å². The average Bonchev–Trinajstić information content (AvgIpc) is 2.80. The quantitative estimate of drug-likeness (QED) is 0.749. The first-order valence-electron chi connectivity index (χ1n) is 7.00. The molecule has 100 valence electrons. The van der Waals surface area contributed by atoms with Gasteiger partial charge in [0.1, 0.15) is 0 Å². The van der Waals surface area contributed by atoms with Gasteiger partial charge in [-0.25, -0.2) is 0 Å². The predicted octanol–water partition coefficient (Wildman–Crippen LogP) is 2.45. The monoisotopic (exact) mass is 240 g/mol. The molecule has 0 saturated heterocycles. The van der Waals surface area contributed by atoms with Crippen LogP contribution in [-0.4, -0.2) is 19.0 Å². The molecule has 0 radical (unpaired) electrons. The summed E-state index contributed by atoms with van der Waals surface area (Å²) < 4.78 is 0. The molecular formula is C14H28N2O. The van der Waals surface area contributed by atoms with Crippen LogP contribution < -0.4 is 11.1 Å². The van der Waals surface area contributed by atoms with E-state index in [-0.39, 0.29) is 16.7 Å². The molecule has 0 spiro atoms. The second kappa shape index (κ2) is 5.85. The van der Waals surface area contributed by atoms with E-state index < -0.39 is 0 Å². The Bertz CT molecular complexity index is 245. The molecule has 1 fully saturated rings. The van der Waals surface area contributed by atoms with E-state index >= 15 is 0 Å². The van der Waals surface area contributed by atoms with Crippen LogP contribution in [0.5, 0.6) is 0 Å². The normalized spacial score (nSPS) is 19.3. The number of rotatable bonds is 6. The Labute approximate surface area is 106 Å². The van der Waals surface area contributed by atoms with Crippen LogP contribution in [0.2, 0.25) is 0 Å². The number of nitrogens with two attached hydrogens (primary N) is 1. The highest BCUT2D eigenvalue weighted by Gasteiger charge is 2.37. The van der Waals surface area contributed by atoms with Crippen LogP contribution in [0.3, 0.4) is 0 Å². The summed E-state index contributed by atoms with van der Waals surface area (Å²) in [6.45, 7) is 7.78. The number of nitrogens with one attached hydrogen (secondary N) is 1. The molecule has 1 aliphatic carbocycles. The van der Waals surface area contributed by atoms with Gasteiger partial charge < -0.3 is 11.1 Å². The van der Waals surface area contributed by atoms with E-state index in [9.17, 15) is 4.79 Å². The lowest BCUT2D eigenvalue weighted by Gasteiger charge is -2.32. The van der Waals surface area contributed by atoms with Gasteiger partial charge in [-0.15, -0.1) is 0 Å². The molecule has 0 heterocycles. The Morgan fingerprint density at radius 2 is 1.82 bits per heavy atom. The van der Waals surface area contributed by atoms with E-state index in [0.717, 1.165) is 32.2 Å². The van der Waals surface area contributed by atoms with Gasteiger partial charge in [0.2, 0.25) is 5.91 Å². The zero-order valence-corrected chi connectivity index (χ0v) is 11.6. The van der Waals surface area contributed by atoms with Crippen molar-refractivity contribution in [1.82, 2.24) is 5.32 Å². The van der Waals surface area contributed by atoms with Crippen molar-refractivity contribution < 1.29 is 4.79 Å². The van der Waals surface area contributed by atoms with E-state index in [0.29, 0.717) is 6.54 Å². The van der Waals surface area contributed by atoms with Crippen LogP contribution >= 0.6 is 0 Å². The number of hydrogen-bond acceptors (Lipinski definition) is 2. The van der Waals surface area contributed by atoms with Crippen LogP contribution in [0.15, 0.2) is 0 Å². The van der Waals surface area contributed by atoms with Gasteiger partial charge in [0.25, 0.3) is 0 Å². The average molecular weight is 240 g/mol. The van der Waals surface area contributed by atoms with Crippen molar-refractivity contribution in [2.24, 2.45) is 16.6 Å². The van der Waals surface area contributed by atoms with Crippen LogP contribution in [0.4, 0.5) is 0 Å². The van der Waals surface area contributed by atoms with Crippen molar-refractivity contribution in [2.45, 2.75) is 59.3 Å². The number of carbonyl (C=O) groups is 1. The Morgan fingerprint density at radius 3 is 2.24 bits per heavy atom. The third-order valence-corrected chi connectivity index (χ3v) is 4.81. The molecule has 0 unspecified atom stereocenters. The summed E-state index contributed by atoms with van der Waals surface area (Å²) in [5.41, 5.74) is 5.81. The summed E-state index contributed by atoms with van der Waals surface area (Å²) in [6.07, 6.45) is 6.49. The summed E-state index contributed by atoms with van der Waals surface area (Å²) in [7, 11) is 0. The Kier molecular flexibility index (Phi) is 4.99. The van der Waals surface area contributed by atoms with Gasteiger partial charge in [-0.3, -0.25) is 4.79 Å². The van der Waals surface area contributed by atoms with Gasteiger partial charge in [0, 0.05) is 12.0 Å². The molecule has 0 atom stereocenters. The van der Waals surface area contributed by atoms with Gasteiger partial charge in [0.15, 0.2) is 0 Å². The summed E-state index contributed by atoms with van der Waals surface area (Å²) in [5, 5.41) is 3.14. The fourth-order valence-corrected chi connectivity index (χ4v) is 2.72. The third-order valence-electron chi connectivity index (χ3n) is 4.81. The number of amides is 1. The molecule has 3 nitrogen and oxygen atoms in total. The van der Waals surface area contributed by atoms with Crippen molar-refractivity contribution in [3.63, 3.8) is 0 Å². The lowest BCUT2D eigenvalue weighted by molar-refractivity contribution is -0.130. The molecule has 0 aromatic carbocycles. The molecule has 0 aromatic rings. The van der Waals surface area contributed by atoms with E-state index in [1.807, 2.05) is 0 Å². The van der Waals surface area contributed by atoms with Crippen LogP contribution in [0, 0.1) is 10.8 Å². The van der Waals surface area contributed by atoms with Crippen molar-refractivity contribution in [3.05, 3.63) is 0 Å². The van der Waals surface area contributed by atoms with E-state index in [4.69, 9.17) is 5.73 Å². The van der Waals surface area contributed by atoms with Crippen LogP contribution in [-0.2, 0) is 4.79 Å². The van der Waals surface area contributed by atoms with Gasteiger partial charge in [-0.2, -0.15) is 0 Å². The lowest BCUT2D eigenvalue weighted by atomic mass is 9.81. The smallest absolute Gasteiger partial charge is 0.225 e. The fraction of sp³-hybridized carbons (Fsp3) is 0.929. The first-order valence-corrected chi connectivity index (χ1v) is 7.00. The largest absolute Gasteiger partial charge is 0.355 e. The topological polar surface area (TPSA) is 55.1 Å². The molecule has 0 aromatic heterocycles. The highest BCUT2D eigenvalue weighted by atomic mass is 16.2. The minimum atomic E-state index is -0.123. The molecule has 1 aliphatic rings. The third kappa shape index (κ3) is 3.21. The Balaban J connectivity index is 2.52. The molecule has 3 N–H and O–H groups in total. The van der Waals surface area contributed by atoms with Crippen molar-refractivity contribution in [3.8, 4) is 0 Å². The molecule has 17 heavy (non-hydrogen) atoms. The molecule has 0 bridgehead atoms. The standard InChI is InChI=1S/C14H28N2O/c1-4-14(5-2,10-15)11-16-12(17)13(3)8-6-7-9-13/h4-11,15H2,1-3H3,(H,16,17). The van der Waals surface area contributed by atoms with Gasteiger partial charge in [-0.1, -0.05) is 33.6 Å². The number of hydrogen-bond donors (Lipinski definition) is 2. The van der Waals surface area contributed by atoms with E-state index in [2.05, 4.69) is 26.1 Å². The summed E-state index contributed by atoms with van der Waals surface area (Å²) >= 11 is 0. The first-order chi connectivity index (χ1) is 8.02. The zero-order valence-electron chi connectivity index (χ0n) is 11.6. The predicted molar refractivity (Wildman–Crippen MR) is 71.7 cm³/mol. The zero-order chi connectivity index (χ0) is 12.9. The summed E-state index contributed by atoms with van der Waals surface area (Å²) in [4.78, 5) is 12.2. The van der Waals surface area contributed by atoms with Crippen molar-refractivity contribution in [2.75, 3.05) is 13.1 Å². The minimum Gasteiger partial charge on any atom is -0.355 e. The Morgan fingerprint density at radius 1 is 1.29 bits per heavy atom. The maximum atomic E-state index is 12.2. The second-order valence-corrected chi connectivity index (χ2v) is 5.86. The maximum absolute atomic E-state index is 12.2. The minimum absolute atomic E-state index is 0.0879. The molecule has 3 heteroatoms. The first kappa shape index (κ1) is 14.5. The molecule has 1 amide bonds. The molecular weight excluding hydrogens is 212 g/mol. The van der Waals surface area contributed by atoms with Gasteiger partial charge >= 0.3 is 0 Å². The highest BCUT2D eigenvalue weighted by Crippen LogP contribution is 2.37. The van der Waals surface area contributed by atoms with Gasteiger partial charge in [-0.05, 0) is 37.6 Å². The summed E-state index contributed by atoms with van der Waals surface area (Å²) in [6, 6.07) is 0. The Hall–Kier alpha value is -0.570. The number of carbonyl (C=O) groups excluding carboxylic acids is 1.